The van der Waals surface area contributed by atoms with Gasteiger partial charge in [0.15, 0.2) is 0 Å². The number of aryl methyl sites for hydroxylation is 3. The molecule has 0 bridgehead atoms. The van der Waals surface area contributed by atoms with E-state index in [1.807, 2.05) is 24.3 Å². The van der Waals surface area contributed by atoms with Gasteiger partial charge in [0.2, 0.25) is 0 Å². The second-order valence-electron chi connectivity index (χ2n) is 15.3. The summed E-state index contributed by atoms with van der Waals surface area (Å²) in [5, 5.41) is 17.8. The monoisotopic (exact) mass is 798 g/mol. The van der Waals surface area contributed by atoms with Crippen LogP contribution in [0.2, 0.25) is 0 Å². The van der Waals surface area contributed by atoms with Crippen LogP contribution in [0.3, 0.4) is 0 Å². The minimum atomic E-state index is 0.0205. The Morgan fingerprint density at radius 2 is 0.633 bits per heavy atom. The smallest absolute Gasteiger partial charge is 0.119 e. The third kappa shape index (κ3) is 11.4. The topological polar surface area (TPSA) is 65.4 Å². The molecule has 0 amide bonds. The largest absolute Gasteiger partial charge is 0.491 e. The lowest BCUT2D eigenvalue weighted by Crippen LogP contribution is -2.10. The van der Waals surface area contributed by atoms with Crippen LogP contribution in [-0.2, 0) is 0 Å². The molecule has 7 rings (SSSR count). The second-order valence-corrected chi connectivity index (χ2v) is 15.3. The van der Waals surface area contributed by atoms with Gasteiger partial charge in [-0.1, -0.05) is 115 Å². The first-order valence-electron chi connectivity index (χ1n) is 20.7. The van der Waals surface area contributed by atoms with Gasteiger partial charge >= 0.3 is 0 Å². The van der Waals surface area contributed by atoms with E-state index in [9.17, 15) is 0 Å². The third-order valence-corrected chi connectivity index (χ3v) is 10.9. The van der Waals surface area contributed by atoms with Crippen LogP contribution in [0.4, 0.5) is 28.4 Å². The summed E-state index contributed by atoms with van der Waals surface area (Å²) in [6, 6.07) is 59.6. The maximum atomic E-state index is 8.92. The molecule has 0 aliphatic heterocycles. The number of ether oxygens (including phenoxy) is 2. The predicted molar refractivity (Wildman–Crippen MR) is 249 cm³/mol. The van der Waals surface area contributed by atoms with Gasteiger partial charge in [-0.25, -0.2) is 0 Å². The Kier molecular flexibility index (Phi) is 15.2. The van der Waals surface area contributed by atoms with Gasteiger partial charge < -0.3 is 29.5 Å². The van der Waals surface area contributed by atoms with Gasteiger partial charge in [-0.2, -0.15) is 0 Å². The van der Waals surface area contributed by atoms with E-state index in [2.05, 4.69) is 197 Å². The van der Waals surface area contributed by atoms with Gasteiger partial charge in [-0.15, -0.1) is 0 Å². The summed E-state index contributed by atoms with van der Waals surface area (Å²) in [5.41, 5.74) is 14.5. The number of anilines is 5. The molecular weight excluding hydrogens is 741 g/mol. The number of nitrogens with zero attached hydrogens (tertiary/aromatic N) is 2. The van der Waals surface area contributed by atoms with E-state index in [4.69, 9.17) is 19.7 Å². The Labute approximate surface area is 356 Å². The fourth-order valence-electron chi connectivity index (χ4n) is 7.07. The average Bonchev–Trinajstić information content (AvgIpc) is 3.29. The van der Waals surface area contributed by atoms with Crippen LogP contribution in [0, 0.1) is 20.8 Å². The molecule has 2 unspecified atom stereocenters. The Balaban J connectivity index is 0.000000205. The first-order valence-corrected chi connectivity index (χ1v) is 20.7. The van der Waals surface area contributed by atoms with Crippen molar-refractivity contribution >= 4 is 28.4 Å². The van der Waals surface area contributed by atoms with Crippen molar-refractivity contribution in [1.29, 1.82) is 0 Å². The SMILES string of the molecule is Cc1ccc(N(C)c2ccc(C(C)c3ccc(OCCO)cc3)cc2)cc1.Cc1ccc(N(c2ccc(C)cc2)c2ccc(C(C)c3ccc(OCCO)cc3)cc2)cc1. The van der Waals surface area contributed by atoms with Crippen molar-refractivity contribution in [2.24, 2.45) is 0 Å². The molecule has 2 atom stereocenters. The molecule has 7 aromatic carbocycles. The molecular formula is C54H58N2O4. The first-order chi connectivity index (χ1) is 29.1. The molecule has 0 fully saturated rings. The van der Waals surface area contributed by atoms with E-state index >= 15 is 0 Å². The summed E-state index contributed by atoms with van der Waals surface area (Å²) in [6.07, 6.45) is 0. The van der Waals surface area contributed by atoms with Gasteiger partial charge in [0.25, 0.3) is 0 Å². The summed E-state index contributed by atoms with van der Waals surface area (Å²) in [4.78, 5) is 4.49. The Hall–Kier alpha value is -6.34. The van der Waals surface area contributed by atoms with Crippen LogP contribution >= 0.6 is 0 Å². The molecule has 6 heteroatoms. The minimum absolute atomic E-state index is 0.0205. The van der Waals surface area contributed by atoms with Crippen LogP contribution in [0.5, 0.6) is 11.5 Å². The van der Waals surface area contributed by atoms with E-state index in [0.29, 0.717) is 19.1 Å². The standard InChI is InChI=1S/C30H31NO2.C24H27NO2/c1-22-4-12-27(13-5-22)31(28-14-6-23(2)7-15-28)29-16-8-25(9-17-29)24(3)26-10-18-30(19-11-26)33-21-20-32;1-18-4-10-22(11-5-18)25(3)23-12-6-20(7-13-23)19(2)21-8-14-24(15-9-21)27-17-16-26/h4-19,24,32H,20-21H2,1-3H3;4-15,19,26H,16-17H2,1-3H3. The highest BCUT2D eigenvalue weighted by molar-refractivity contribution is 5.76. The lowest BCUT2D eigenvalue weighted by Gasteiger charge is -2.26. The Morgan fingerprint density at radius 1 is 0.383 bits per heavy atom. The molecule has 0 heterocycles. The lowest BCUT2D eigenvalue weighted by atomic mass is 9.93. The molecule has 0 saturated heterocycles. The zero-order chi connectivity index (χ0) is 42.4. The van der Waals surface area contributed by atoms with E-state index in [-0.39, 0.29) is 19.1 Å². The van der Waals surface area contributed by atoms with E-state index in [0.717, 1.165) is 28.6 Å². The number of benzene rings is 7. The van der Waals surface area contributed by atoms with Gasteiger partial charge in [0.1, 0.15) is 24.7 Å². The van der Waals surface area contributed by atoms with Crippen molar-refractivity contribution in [3.8, 4) is 11.5 Å². The quantitative estimate of drug-likeness (QED) is 0.108. The molecule has 60 heavy (non-hydrogen) atoms. The van der Waals surface area contributed by atoms with Crippen LogP contribution < -0.4 is 19.3 Å². The minimum Gasteiger partial charge on any atom is -0.491 e. The summed E-state index contributed by atoms with van der Waals surface area (Å²) in [6.45, 7) is 11.4. The van der Waals surface area contributed by atoms with Crippen molar-refractivity contribution in [3.63, 3.8) is 0 Å². The fourth-order valence-corrected chi connectivity index (χ4v) is 7.07. The first kappa shape index (κ1) is 43.2. The van der Waals surface area contributed by atoms with Crippen molar-refractivity contribution in [3.05, 3.63) is 209 Å². The molecule has 7 aromatic rings. The number of aliphatic hydroxyl groups is 2. The van der Waals surface area contributed by atoms with E-state index in [1.54, 1.807) is 0 Å². The number of hydrogen-bond donors (Lipinski definition) is 2. The van der Waals surface area contributed by atoms with Crippen LogP contribution in [-0.4, -0.2) is 43.7 Å². The summed E-state index contributed by atoms with van der Waals surface area (Å²) in [7, 11) is 2.09. The molecule has 0 radical (unpaired) electrons. The third-order valence-electron chi connectivity index (χ3n) is 10.9. The molecule has 6 nitrogen and oxygen atoms in total. The van der Waals surface area contributed by atoms with Crippen LogP contribution in [0.1, 0.15) is 64.6 Å². The van der Waals surface area contributed by atoms with Crippen molar-refractivity contribution in [2.45, 2.75) is 46.5 Å². The molecule has 0 aromatic heterocycles. The number of hydrogen-bond acceptors (Lipinski definition) is 6. The number of rotatable bonds is 15. The van der Waals surface area contributed by atoms with Gasteiger partial charge in [-0.3, -0.25) is 0 Å². The van der Waals surface area contributed by atoms with Gasteiger partial charge in [0, 0.05) is 47.3 Å². The summed E-state index contributed by atoms with van der Waals surface area (Å²) in [5.74, 6) is 2.13. The van der Waals surface area contributed by atoms with E-state index in [1.165, 1.54) is 50.3 Å². The Morgan fingerprint density at radius 3 is 0.933 bits per heavy atom. The van der Waals surface area contributed by atoms with E-state index < -0.39 is 0 Å². The predicted octanol–water partition coefficient (Wildman–Crippen LogP) is 12.6. The molecule has 0 saturated carbocycles. The maximum Gasteiger partial charge on any atom is 0.119 e. The highest BCUT2D eigenvalue weighted by Gasteiger charge is 2.15. The molecule has 308 valence electrons. The molecule has 2 N–H and O–H groups in total. The van der Waals surface area contributed by atoms with Crippen molar-refractivity contribution in [2.75, 3.05) is 43.3 Å². The Bertz CT molecular complexity index is 2280. The highest BCUT2D eigenvalue weighted by Crippen LogP contribution is 2.36. The fraction of sp³-hybridized carbons (Fsp3) is 0.222. The maximum absolute atomic E-state index is 8.92. The average molecular weight is 799 g/mol. The zero-order valence-electron chi connectivity index (χ0n) is 35.8. The van der Waals surface area contributed by atoms with Gasteiger partial charge in [0.05, 0.1) is 13.2 Å². The van der Waals surface area contributed by atoms with Crippen LogP contribution in [0.25, 0.3) is 0 Å². The highest BCUT2D eigenvalue weighted by atomic mass is 16.5. The van der Waals surface area contributed by atoms with Crippen molar-refractivity contribution < 1.29 is 19.7 Å². The number of aliphatic hydroxyl groups excluding tert-OH is 2. The zero-order valence-corrected chi connectivity index (χ0v) is 35.8. The van der Waals surface area contributed by atoms with Crippen LogP contribution in [0.15, 0.2) is 170 Å². The van der Waals surface area contributed by atoms with Gasteiger partial charge in [-0.05, 0) is 128 Å². The van der Waals surface area contributed by atoms with Crippen molar-refractivity contribution in [1.82, 2.24) is 0 Å². The molecule has 0 aliphatic carbocycles. The normalized spacial score (nSPS) is 11.8. The summed E-state index contributed by atoms with van der Waals surface area (Å²) < 4.78 is 10.9. The lowest BCUT2D eigenvalue weighted by molar-refractivity contribution is 0.201. The molecule has 0 spiro atoms. The molecule has 0 aliphatic rings. The summed E-state index contributed by atoms with van der Waals surface area (Å²) >= 11 is 0. The second kappa shape index (κ2) is 21.1.